The van der Waals surface area contributed by atoms with Gasteiger partial charge in [-0.1, -0.05) is 6.42 Å². The molecule has 0 radical (unpaired) electrons. The summed E-state index contributed by atoms with van der Waals surface area (Å²) in [6, 6.07) is 0.0307. The van der Waals surface area contributed by atoms with E-state index in [9.17, 15) is 21.6 Å². The summed E-state index contributed by atoms with van der Waals surface area (Å²) < 4.78 is 62.7. The number of rotatable bonds is 2. The summed E-state index contributed by atoms with van der Waals surface area (Å²) in [5, 5.41) is 0. The number of fused-ring (bicyclic) bond motifs is 2. The van der Waals surface area contributed by atoms with E-state index in [1.807, 2.05) is 7.05 Å². The van der Waals surface area contributed by atoms with E-state index in [1.165, 1.54) is 6.08 Å². The molecule has 1 fully saturated rings. The van der Waals surface area contributed by atoms with E-state index in [0.29, 0.717) is 0 Å². The summed E-state index contributed by atoms with van der Waals surface area (Å²) in [6.45, 7) is 0. The van der Waals surface area contributed by atoms with Crippen molar-refractivity contribution in [2.24, 2.45) is 0 Å². The lowest BCUT2D eigenvalue weighted by molar-refractivity contribution is -0.0528. The predicted molar refractivity (Wildman–Crippen MR) is 57.9 cm³/mol. The number of alkyl halides is 3. The minimum absolute atomic E-state index is 0.0315. The number of nitrogens with zero attached hydrogens (tertiary/aromatic N) is 1. The lowest BCUT2D eigenvalue weighted by atomic mass is 9.89. The molecule has 0 amide bonds. The molecule has 18 heavy (non-hydrogen) atoms. The highest BCUT2D eigenvalue weighted by atomic mass is 32.2. The van der Waals surface area contributed by atoms with Crippen LogP contribution in [0, 0.1) is 0 Å². The van der Waals surface area contributed by atoms with Crippen LogP contribution in [0.2, 0.25) is 0 Å². The van der Waals surface area contributed by atoms with Crippen LogP contribution in [0.3, 0.4) is 0 Å². The van der Waals surface area contributed by atoms with Crippen LogP contribution in [-0.4, -0.2) is 38.0 Å². The van der Waals surface area contributed by atoms with Gasteiger partial charge in [0, 0.05) is 18.5 Å². The fourth-order valence-electron chi connectivity index (χ4n) is 2.45. The molecule has 2 aliphatic rings. The van der Waals surface area contributed by atoms with Crippen molar-refractivity contribution in [1.82, 2.24) is 4.90 Å². The first-order chi connectivity index (χ1) is 8.21. The smallest absolute Gasteiger partial charge is 0.381 e. The summed E-state index contributed by atoms with van der Waals surface area (Å²) in [5.74, 6) is -0.0832. The summed E-state index contributed by atoms with van der Waals surface area (Å²) >= 11 is 0. The first-order valence-corrected chi connectivity index (χ1v) is 7.05. The van der Waals surface area contributed by atoms with Crippen molar-refractivity contribution in [2.45, 2.75) is 43.3 Å². The lowest BCUT2D eigenvalue weighted by Crippen LogP contribution is -2.46. The largest absolute Gasteiger partial charge is 0.534 e. The normalized spacial score (nSPS) is 29.9. The molecule has 1 saturated heterocycles. The average Bonchev–Trinajstić information content (AvgIpc) is 2.17. The van der Waals surface area contributed by atoms with Crippen LogP contribution in [0.15, 0.2) is 11.8 Å². The Labute approximate surface area is 104 Å². The van der Waals surface area contributed by atoms with Crippen molar-refractivity contribution in [1.29, 1.82) is 0 Å². The SMILES string of the molecule is CN1C2C=C(OS(=O)(=O)C(F)(F)F)CC1CCC2. The van der Waals surface area contributed by atoms with E-state index in [-0.39, 0.29) is 24.3 Å². The molecule has 2 rings (SSSR count). The summed E-state index contributed by atoms with van der Waals surface area (Å²) in [6.07, 6.45) is 4.35. The number of likely N-dealkylation sites (N-methyl/N-ethyl adjacent to an activating group) is 1. The molecule has 2 bridgehead atoms. The van der Waals surface area contributed by atoms with Crippen molar-refractivity contribution in [3.8, 4) is 0 Å². The summed E-state index contributed by atoms with van der Waals surface area (Å²) in [4.78, 5) is 2.05. The highest BCUT2D eigenvalue weighted by molar-refractivity contribution is 7.87. The van der Waals surface area contributed by atoms with Crippen LogP contribution in [0.25, 0.3) is 0 Å². The Bertz CT molecular complexity index is 457. The second kappa shape index (κ2) is 4.41. The maximum atomic E-state index is 12.2. The first-order valence-electron chi connectivity index (χ1n) is 5.64. The van der Waals surface area contributed by atoms with E-state index in [4.69, 9.17) is 0 Å². The minimum Gasteiger partial charge on any atom is -0.381 e. The second-order valence-corrected chi connectivity index (χ2v) is 6.18. The number of piperidine rings is 1. The maximum absolute atomic E-state index is 12.2. The van der Waals surface area contributed by atoms with E-state index < -0.39 is 15.6 Å². The van der Waals surface area contributed by atoms with Gasteiger partial charge in [-0.05, 0) is 26.0 Å². The van der Waals surface area contributed by atoms with Gasteiger partial charge in [-0.15, -0.1) is 0 Å². The van der Waals surface area contributed by atoms with Crippen molar-refractivity contribution < 1.29 is 25.8 Å². The molecular formula is C10H14F3NO3S. The monoisotopic (exact) mass is 285 g/mol. The molecule has 0 spiro atoms. The molecule has 0 aromatic carbocycles. The third kappa shape index (κ3) is 2.49. The van der Waals surface area contributed by atoms with Crippen molar-refractivity contribution >= 4 is 10.1 Å². The molecular weight excluding hydrogens is 271 g/mol. The van der Waals surface area contributed by atoms with Gasteiger partial charge in [0.25, 0.3) is 0 Å². The lowest BCUT2D eigenvalue weighted by Gasteiger charge is -2.42. The van der Waals surface area contributed by atoms with Gasteiger partial charge in [0.15, 0.2) is 0 Å². The maximum Gasteiger partial charge on any atom is 0.534 e. The number of hydrogen-bond donors (Lipinski definition) is 0. The molecule has 0 saturated carbocycles. The Kier molecular flexibility index (Phi) is 3.35. The first kappa shape index (κ1) is 13.7. The minimum atomic E-state index is -5.53. The molecule has 2 unspecified atom stereocenters. The fraction of sp³-hybridized carbons (Fsp3) is 0.800. The Hall–Kier alpha value is -0.760. The van der Waals surface area contributed by atoms with Crippen LogP contribution in [-0.2, 0) is 14.3 Å². The Balaban J connectivity index is 2.17. The van der Waals surface area contributed by atoms with Crippen molar-refractivity contribution in [3.05, 3.63) is 11.8 Å². The van der Waals surface area contributed by atoms with E-state index in [0.717, 1.165) is 19.3 Å². The third-order valence-corrected chi connectivity index (χ3v) is 4.45. The van der Waals surface area contributed by atoms with Gasteiger partial charge in [0.05, 0.1) is 0 Å². The van der Waals surface area contributed by atoms with E-state index >= 15 is 0 Å². The van der Waals surface area contributed by atoms with Gasteiger partial charge in [0.1, 0.15) is 5.76 Å². The van der Waals surface area contributed by atoms with E-state index in [1.54, 1.807) is 0 Å². The Morgan fingerprint density at radius 3 is 2.61 bits per heavy atom. The molecule has 2 heterocycles. The molecule has 0 aliphatic carbocycles. The zero-order chi connectivity index (χ0) is 13.6. The van der Waals surface area contributed by atoms with Gasteiger partial charge in [0.2, 0.25) is 0 Å². The second-order valence-electron chi connectivity index (χ2n) is 4.64. The van der Waals surface area contributed by atoms with Gasteiger partial charge < -0.3 is 4.18 Å². The molecule has 2 atom stereocenters. The fourth-order valence-corrected chi connectivity index (χ4v) is 2.95. The zero-order valence-electron chi connectivity index (χ0n) is 9.77. The molecule has 2 aliphatic heterocycles. The zero-order valence-corrected chi connectivity index (χ0v) is 10.6. The van der Waals surface area contributed by atoms with Crippen LogP contribution in [0.4, 0.5) is 13.2 Å². The molecule has 4 nitrogen and oxygen atoms in total. The molecule has 0 aromatic rings. The van der Waals surface area contributed by atoms with Gasteiger partial charge >= 0.3 is 15.6 Å². The quantitative estimate of drug-likeness (QED) is 0.575. The molecule has 104 valence electrons. The highest BCUT2D eigenvalue weighted by Gasteiger charge is 2.49. The van der Waals surface area contributed by atoms with Gasteiger partial charge in [-0.25, -0.2) is 0 Å². The third-order valence-electron chi connectivity index (χ3n) is 3.45. The van der Waals surface area contributed by atoms with Crippen LogP contribution in [0.1, 0.15) is 25.7 Å². The van der Waals surface area contributed by atoms with Gasteiger partial charge in [-0.3, -0.25) is 4.90 Å². The highest BCUT2D eigenvalue weighted by Crippen LogP contribution is 2.35. The van der Waals surface area contributed by atoms with Crippen molar-refractivity contribution in [3.63, 3.8) is 0 Å². The summed E-state index contributed by atoms with van der Waals surface area (Å²) in [5.41, 5.74) is -5.37. The van der Waals surface area contributed by atoms with Crippen molar-refractivity contribution in [2.75, 3.05) is 7.05 Å². The Morgan fingerprint density at radius 1 is 1.39 bits per heavy atom. The van der Waals surface area contributed by atoms with Crippen LogP contribution < -0.4 is 0 Å². The summed E-state index contributed by atoms with van der Waals surface area (Å²) in [7, 11) is -3.64. The van der Waals surface area contributed by atoms with Crippen LogP contribution in [0.5, 0.6) is 0 Å². The van der Waals surface area contributed by atoms with Gasteiger partial charge in [-0.2, -0.15) is 21.6 Å². The average molecular weight is 285 g/mol. The topological polar surface area (TPSA) is 46.6 Å². The number of halogens is 3. The molecule has 8 heteroatoms. The standard InChI is InChI=1S/C10H14F3NO3S/c1-14-7-3-2-4-8(14)6-9(5-7)17-18(15,16)10(11,12)13/h5,7-8H,2-4,6H2,1H3. The molecule has 0 aromatic heterocycles. The molecule has 0 N–H and O–H groups in total. The predicted octanol–water partition coefficient (Wildman–Crippen LogP) is 1.99. The van der Waals surface area contributed by atoms with Crippen LogP contribution >= 0.6 is 0 Å². The van der Waals surface area contributed by atoms with E-state index in [2.05, 4.69) is 9.08 Å². The number of hydrogen-bond acceptors (Lipinski definition) is 4. The Morgan fingerprint density at radius 2 is 2.06 bits per heavy atom.